The van der Waals surface area contributed by atoms with Crippen LogP contribution in [0.15, 0.2) is 42.7 Å². The fraction of sp³-hybridized carbons (Fsp3) is 0.267. The lowest BCUT2D eigenvalue weighted by Crippen LogP contribution is -2.22. The van der Waals surface area contributed by atoms with Gasteiger partial charge in [-0.3, -0.25) is 4.79 Å². The van der Waals surface area contributed by atoms with E-state index in [9.17, 15) is 4.79 Å². The number of rotatable bonds is 4. The SMILES string of the molecule is CCc1cccc(C(=O)NCc2ccn(C)c2)c1. The average Bonchev–Trinajstić information content (AvgIpc) is 2.82. The number of aryl methyl sites for hydroxylation is 2. The van der Waals surface area contributed by atoms with E-state index in [1.54, 1.807) is 0 Å². The Hall–Kier alpha value is -2.03. The van der Waals surface area contributed by atoms with Gasteiger partial charge in [0.1, 0.15) is 0 Å². The van der Waals surface area contributed by atoms with Crippen LogP contribution in [0.3, 0.4) is 0 Å². The Morgan fingerprint density at radius 1 is 1.28 bits per heavy atom. The molecule has 3 nitrogen and oxygen atoms in total. The molecule has 3 heteroatoms. The Balaban J connectivity index is 1.99. The topological polar surface area (TPSA) is 34.0 Å². The minimum atomic E-state index is -0.0193. The summed E-state index contributed by atoms with van der Waals surface area (Å²) in [5, 5.41) is 2.93. The minimum Gasteiger partial charge on any atom is -0.357 e. The van der Waals surface area contributed by atoms with Crippen LogP contribution in [0.2, 0.25) is 0 Å². The molecule has 0 aliphatic heterocycles. The number of amides is 1. The molecule has 0 unspecified atom stereocenters. The zero-order valence-corrected chi connectivity index (χ0v) is 10.8. The van der Waals surface area contributed by atoms with Crippen LogP contribution in [0.4, 0.5) is 0 Å². The minimum absolute atomic E-state index is 0.0193. The summed E-state index contributed by atoms with van der Waals surface area (Å²) in [4.78, 5) is 12.0. The van der Waals surface area contributed by atoms with Gasteiger partial charge in [0.15, 0.2) is 0 Å². The van der Waals surface area contributed by atoms with Crippen LogP contribution >= 0.6 is 0 Å². The van der Waals surface area contributed by atoms with Gasteiger partial charge in [-0.05, 0) is 35.7 Å². The molecule has 0 spiro atoms. The Labute approximate surface area is 107 Å². The highest BCUT2D eigenvalue weighted by Crippen LogP contribution is 2.06. The molecule has 94 valence electrons. The number of carbonyl (C=O) groups is 1. The van der Waals surface area contributed by atoms with Gasteiger partial charge in [0.2, 0.25) is 0 Å². The maximum atomic E-state index is 12.0. The van der Waals surface area contributed by atoms with Crippen molar-refractivity contribution in [2.24, 2.45) is 7.05 Å². The molecule has 2 aromatic rings. The number of nitrogens with one attached hydrogen (secondary N) is 1. The molecule has 1 amide bonds. The van der Waals surface area contributed by atoms with Gasteiger partial charge in [0.25, 0.3) is 5.91 Å². The molecule has 0 aliphatic carbocycles. The number of hydrogen-bond donors (Lipinski definition) is 1. The summed E-state index contributed by atoms with van der Waals surface area (Å²) in [6, 6.07) is 9.76. The first-order valence-corrected chi connectivity index (χ1v) is 6.17. The summed E-state index contributed by atoms with van der Waals surface area (Å²) in [6.45, 7) is 2.65. The summed E-state index contributed by atoms with van der Waals surface area (Å²) in [5.41, 5.74) is 3.02. The highest BCUT2D eigenvalue weighted by Gasteiger charge is 2.05. The third-order valence-corrected chi connectivity index (χ3v) is 2.94. The van der Waals surface area contributed by atoms with Crippen molar-refractivity contribution in [2.75, 3.05) is 0 Å². The number of hydrogen-bond acceptors (Lipinski definition) is 1. The molecule has 0 radical (unpaired) electrons. The lowest BCUT2D eigenvalue weighted by Gasteiger charge is -2.05. The standard InChI is InChI=1S/C15H18N2O/c1-3-12-5-4-6-14(9-12)15(18)16-10-13-7-8-17(2)11-13/h4-9,11H,3,10H2,1-2H3,(H,16,18). The Kier molecular flexibility index (Phi) is 3.82. The van der Waals surface area contributed by atoms with Gasteiger partial charge in [0.05, 0.1) is 0 Å². The van der Waals surface area contributed by atoms with Crippen LogP contribution in [0.1, 0.15) is 28.4 Å². The van der Waals surface area contributed by atoms with E-state index in [0.717, 1.165) is 17.5 Å². The molecular weight excluding hydrogens is 224 g/mol. The van der Waals surface area contributed by atoms with Crippen LogP contribution < -0.4 is 5.32 Å². The zero-order valence-electron chi connectivity index (χ0n) is 10.8. The predicted octanol–water partition coefficient (Wildman–Crippen LogP) is 2.52. The van der Waals surface area contributed by atoms with Crippen molar-refractivity contribution in [3.05, 3.63) is 59.4 Å². The molecule has 0 atom stereocenters. The molecule has 0 aliphatic rings. The molecule has 0 bridgehead atoms. The van der Waals surface area contributed by atoms with Crippen LogP contribution in [0.25, 0.3) is 0 Å². The smallest absolute Gasteiger partial charge is 0.251 e. The second-order valence-electron chi connectivity index (χ2n) is 4.42. The molecule has 1 heterocycles. The van der Waals surface area contributed by atoms with E-state index < -0.39 is 0 Å². The largest absolute Gasteiger partial charge is 0.357 e. The number of carbonyl (C=O) groups excluding carboxylic acids is 1. The third kappa shape index (κ3) is 3.00. The van der Waals surface area contributed by atoms with Crippen LogP contribution in [-0.4, -0.2) is 10.5 Å². The van der Waals surface area contributed by atoms with E-state index >= 15 is 0 Å². The van der Waals surface area contributed by atoms with Crippen LogP contribution in [0.5, 0.6) is 0 Å². The maximum Gasteiger partial charge on any atom is 0.251 e. The van der Waals surface area contributed by atoms with Gasteiger partial charge in [-0.15, -0.1) is 0 Å². The van der Waals surface area contributed by atoms with Gasteiger partial charge < -0.3 is 9.88 Å². The molecule has 1 aromatic carbocycles. The molecule has 2 rings (SSSR count). The molecule has 18 heavy (non-hydrogen) atoms. The second kappa shape index (κ2) is 5.54. The van der Waals surface area contributed by atoms with Gasteiger partial charge in [-0.2, -0.15) is 0 Å². The molecule has 0 saturated heterocycles. The first kappa shape index (κ1) is 12.4. The molecule has 0 saturated carbocycles. The first-order chi connectivity index (χ1) is 8.69. The van der Waals surface area contributed by atoms with E-state index in [4.69, 9.17) is 0 Å². The number of benzene rings is 1. The van der Waals surface area contributed by atoms with Gasteiger partial charge >= 0.3 is 0 Å². The van der Waals surface area contributed by atoms with Crippen molar-refractivity contribution >= 4 is 5.91 Å². The van der Waals surface area contributed by atoms with E-state index in [2.05, 4.69) is 12.2 Å². The van der Waals surface area contributed by atoms with E-state index in [1.165, 1.54) is 5.56 Å². The highest BCUT2D eigenvalue weighted by atomic mass is 16.1. The van der Waals surface area contributed by atoms with Crippen LogP contribution in [0, 0.1) is 0 Å². The van der Waals surface area contributed by atoms with Crippen molar-refractivity contribution < 1.29 is 4.79 Å². The zero-order chi connectivity index (χ0) is 13.0. The summed E-state index contributed by atoms with van der Waals surface area (Å²) in [7, 11) is 1.97. The summed E-state index contributed by atoms with van der Waals surface area (Å²) >= 11 is 0. The molecule has 1 aromatic heterocycles. The van der Waals surface area contributed by atoms with Crippen molar-refractivity contribution in [3.8, 4) is 0 Å². The van der Waals surface area contributed by atoms with E-state index in [1.807, 2.05) is 54.3 Å². The van der Waals surface area contributed by atoms with Crippen molar-refractivity contribution in [1.29, 1.82) is 0 Å². The second-order valence-corrected chi connectivity index (χ2v) is 4.42. The first-order valence-electron chi connectivity index (χ1n) is 6.17. The Morgan fingerprint density at radius 3 is 2.78 bits per heavy atom. The lowest BCUT2D eigenvalue weighted by molar-refractivity contribution is 0.0951. The van der Waals surface area contributed by atoms with Crippen LogP contribution in [-0.2, 0) is 20.0 Å². The van der Waals surface area contributed by atoms with E-state index in [-0.39, 0.29) is 5.91 Å². The molecule has 1 N–H and O–H groups in total. The van der Waals surface area contributed by atoms with Crippen molar-refractivity contribution in [2.45, 2.75) is 19.9 Å². The lowest BCUT2D eigenvalue weighted by atomic mass is 10.1. The number of aromatic nitrogens is 1. The predicted molar refractivity (Wildman–Crippen MR) is 72.4 cm³/mol. The number of nitrogens with zero attached hydrogens (tertiary/aromatic N) is 1. The highest BCUT2D eigenvalue weighted by molar-refractivity contribution is 5.94. The molecule has 0 fully saturated rings. The fourth-order valence-corrected chi connectivity index (χ4v) is 1.88. The van der Waals surface area contributed by atoms with Gasteiger partial charge in [-0.25, -0.2) is 0 Å². The maximum absolute atomic E-state index is 12.0. The normalized spacial score (nSPS) is 10.3. The van der Waals surface area contributed by atoms with Gasteiger partial charge in [0, 0.05) is 31.5 Å². The Morgan fingerprint density at radius 2 is 2.11 bits per heavy atom. The van der Waals surface area contributed by atoms with Crippen molar-refractivity contribution in [3.63, 3.8) is 0 Å². The summed E-state index contributed by atoms with van der Waals surface area (Å²) in [5.74, 6) is -0.0193. The Bertz CT molecular complexity index is 543. The van der Waals surface area contributed by atoms with Gasteiger partial charge in [-0.1, -0.05) is 19.1 Å². The average molecular weight is 242 g/mol. The van der Waals surface area contributed by atoms with E-state index in [0.29, 0.717) is 6.54 Å². The third-order valence-electron chi connectivity index (χ3n) is 2.94. The molecular formula is C15H18N2O. The van der Waals surface area contributed by atoms with Crippen molar-refractivity contribution in [1.82, 2.24) is 9.88 Å². The summed E-state index contributed by atoms with van der Waals surface area (Å²) in [6.07, 6.45) is 4.92. The quantitative estimate of drug-likeness (QED) is 0.878. The summed E-state index contributed by atoms with van der Waals surface area (Å²) < 4.78 is 1.97. The monoisotopic (exact) mass is 242 g/mol. The fourth-order valence-electron chi connectivity index (χ4n) is 1.88.